The molecular formula is C12H11ClN4O3. The molecule has 2 aromatic rings. The van der Waals surface area contributed by atoms with Crippen LogP contribution in [0.5, 0.6) is 11.6 Å². The Hall–Kier alpha value is -2.54. The maximum absolute atomic E-state index is 12.0. The molecule has 0 aliphatic rings. The van der Waals surface area contributed by atoms with Crippen molar-refractivity contribution >= 4 is 29.1 Å². The van der Waals surface area contributed by atoms with E-state index >= 15 is 0 Å². The van der Waals surface area contributed by atoms with Crippen molar-refractivity contribution in [3.8, 4) is 11.6 Å². The molecule has 1 amide bonds. The maximum atomic E-state index is 12.0. The van der Waals surface area contributed by atoms with E-state index in [4.69, 9.17) is 22.1 Å². The van der Waals surface area contributed by atoms with Gasteiger partial charge in [-0.3, -0.25) is 10.1 Å². The Labute approximate surface area is 119 Å². The van der Waals surface area contributed by atoms with E-state index in [1.54, 1.807) is 0 Å². The summed E-state index contributed by atoms with van der Waals surface area (Å²) in [6.07, 6.45) is 0. The van der Waals surface area contributed by atoms with Gasteiger partial charge >= 0.3 is 0 Å². The number of hydrogen-bond donors (Lipinski definition) is 3. The third-order valence-electron chi connectivity index (χ3n) is 2.40. The molecule has 0 saturated carbocycles. The first-order valence-electron chi connectivity index (χ1n) is 5.48. The zero-order chi connectivity index (χ0) is 14.7. The number of carbonyl (C=O) groups is 1. The molecule has 0 spiro atoms. The van der Waals surface area contributed by atoms with Crippen LogP contribution in [0, 0.1) is 0 Å². The second-order valence-electron chi connectivity index (χ2n) is 3.78. The number of benzene rings is 1. The number of ether oxygens (including phenoxy) is 1. The van der Waals surface area contributed by atoms with Crippen molar-refractivity contribution in [1.29, 1.82) is 0 Å². The standard InChI is InChI=1S/C12H11ClN4O3/c1-20-10-5-9(13)15-12(16-10)17-11(19)6-2-3-7(14)8(18)4-6/h2-5,18H,14H2,1H3,(H,15,16,17,19). The van der Waals surface area contributed by atoms with Crippen LogP contribution in [0.1, 0.15) is 10.4 Å². The van der Waals surface area contributed by atoms with Gasteiger partial charge in [0.15, 0.2) is 0 Å². The molecular weight excluding hydrogens is 284 g/mol. The first-order chi connectivity index (χ1) is 9.49. The molecule has 0 atom stereocenters. The Balaban J connectivity index is 2.23. The Morgan fingerprint density at radius 2 is 2.15 bits per heavy atom. The predicted molar refractivity (Wildman–Crippen MR) is 74.1 cm³/mol. The molecule has 0 radical (unpaired) electrons. The van der Waals surface area contributed by atoms with Gasteiger partial charge in [-0.05, 0) is 18.2 Å². The zero-order valence-corrected chi connectivity index (χ0v) is 11.2. The van der Waals surface area contributed by atoms with Gasteiger partial charge in [0.25, 0.3) is 5.91 Å². The van der Waals surface area contributed by atoms with Gasteiger partial charge in [-0.1, -0.05) is 11.6 Å². The van der Waals surface area contributed by atoms with Gasteiger partial charge in [-0.2, -0.15) is 4.98 Å². The second kappa shape index (κ2) is 5.62. The Bertz CT molecular complexity index is 663. The number of carbonyl (C=O) groups excluding carboxylic acids is 1. The highest BCUT2D eigenvalue weighted by molar-refractivity contribution is 6.29. The minimum Gasteiger partial charge on any atom is -0.506 e. The van der Waals surface area contributed by atoms with Crippen LogP contribution in [0.2, 0.25) is 5.15 Å². The average Bonchev–Trinajstić information content (AvgIpc) is 2.41. The third-order valence-corrected chi connectivity index (χ3v) is 2.59. The highest BCUT2D eigenvalue weighted by Gasteiger charge is 2.11. The van der Waals surface area contributed by atoms with Crippen LogP contribution in [-0.2, 0) is 0 Å². The first kappa shape index (κ1) is 13.9. The number of halogens is 1. The number of amides is 1. The van der Waals surface area contributed by atoms with Crippen LogP contribution in [0.4, 0.5) is 11.6 Å². The first-order valence-corrected chi connectivity index (χ1v) is 5.86. The fourth-order valence-corrected chi connectivity index (χ4v) is 1.59. The summed E-state index contributed by atoms with van der Waals surface area (Å²) in [4.78, 5) is 19.7. The summed E-state index contributed by atoms with van der Waals surface area (Å²) >= 11 is 5.77. The molecule has 1 aromatic carbocycles. The van der Waals surface area contributed by atoms with Crippen molar-refractivity contribution in [3.63, 3.8) is 0 Å². The Morgan fingerprint density at radius 3 is 2.80 bits per heavy atom. The molecule has 0 fully saturated rings. The highest BCUT2D eigenvalue weighted by atomic mass is 35.5. The number of phenolic OH excluding ortho intramolecular Hbond substituents is 1. The lowest BCUT2D eigenvalue weighted by molar-refractivity contribution is 0.102. The summed E-state index contributed by atoms with van der Waals surface area (Å²) in [5.74, 6) is -0.469. The molecule has 104 valence electrons. The molecule has 4 N–H and O–H groups in total. The van der Waals surface area contributed by atoms with Crippen LogP contribution in [-0.4, -0.2) is 28.1 Å². The lowest BCUT2D eigenvalue weighted by Gasteiger charge is -2.07. The van der Waals surface area contributed by atoms with E-state index in [-0.39, 0.29) is 34.0 Å². The summed E-state index contributed by atoms with van der Waals surface area (Å²) in [6.45, 7) is 0. The number of nitrogen functional groups attached to an aromatic ring is 1. The van der Waals surface area contributed by atoms with E-state index in [9.17, 15) is 9.90 Å². The Morgan fingerprint density at radius 1 is 1.40 bits per heavy atom. The minimum atomic E-state index is -0.510. The molecule has 0 unspecified atom stereocenters. The molecule has 8 heteroatoms. The number of methoxy groups -OCH3 is 1. The van der Waals surface area contributed by atoms with Gasteiger partial charge in [0.1, 0.15) is 10.9 Å². The molecule has 0 bridgehead atoms. The van der Waals surface area contributed by atoms with Gasteiger partial charge < -0.3 is 15.6 Å². The lowest BCUT2D eigenvalue weighted by Crippen LogP contribution is -2.14. The number of aromatic nitrogens is 2. The number of nitrogens with one attached hydrogen (secondary N) is 1. The SMILES string of the molecule is COc1cc(Cl)nc(NC(=O)c2ccc(N)c(O)c2)n1. The lowest BCUT2D eigenvalue weighted by atomic mass is 10.2. The molecule has 1 aromatic heterocycles. The normalized spacial score (nSPS) is 10.1. The van der Waals surface area contributed by atoms with Gasteiger partial charge in [-0.15, -0.1) is 0 Å². The van der Waals surface area contributed by atoms with Crippen molar-refractivity contribution in [3.05, 3.63) is 35.0 Å². The van der Waals surface area contributed by atoms with E-state index < -0.39 is 5.91 Å². The fourth-order valence-electron chi connectivity index (χ4n) is 1.42. The summed E-state index contributed by atoms with van der Waals surface area (Å²) in [5, 5.41) is 12.0. The van der Waals surface area contributed by atoms with Crippen LogP contribution in [0.15, 0.2) is 24.3 Å². The van der Waals surface area contributed by atoms with Crippen LogP contribution in [0.3, 0.4) is 0 Å². The number of anilines is 2. The Kier molecular flexibility index (Phi) is 3.90. The second-order valence-corrected chi connectivity index (χ2v) is 4.17. The number of rotatable bonds is 3. The summed E-state index contributed by atoms with van der Waals surface area (Å²) < 4.78 is 4.91. The van der Waals surface area contributed by atoms with Gasteiger partial charge in [0.2, 0.25) is 11.8 Å². The molecule has 0 aliphatic heterocycles. The van der Waals surface area contributed by atoms with E-state index in [0.717, 1.165) is 0 Å². The summed E-state index contributed by atoms with van der Waals surface area (Å²) in [5.41, 5.74) is 5.85. The molecule has 7 nitrogen and oxygen atoms in total. The van der Waals surface area contributed by atoms with E-state index in [0.29, 0.717) is 0 Å². The number of phenols is 1. The number of nitrogens with zero attached hydrogens (tertiary/aromatic N) is 2. The topological polar surface area (TPSA) is 110 Å². The highest BCUT2D eigenvalue weighted by Crippen LogP contribution is 2.21. The van der Waals surface area contributed by atoms with Crippen molar-refractivity contribution in [2.24, 2.45) is 0 Å². The number of hydrogen-bond acceptors (Lipinski definition) is 6. The van der Waals surface area contributed by atoms with Crippen LogP contribution < -0.4 is 15.8 Å². The van der Waals surface area contributed by atoms with E-state index in [1.165, 1.54) is 31.4 Å². The monoisotopic (exact) mass is 294 g/mol. The van der Waals surface area contributed by atoms with Crippen LogP contribution >= 0.6 is 11.6 Å². The molecule has 20 heavy (non-hydrogen) atoms. The molecule has 0 aliphatic carbocycles. The molecule has 2 rings (SSSR count). The van der Waals surface area contributed by atoms with Crippen molar-refractivity contribution < 1.29 is 14.6 Å². The quantitative estimate of drug-likeness (QED) is 0.451. The maximum Gasteiger partial charge on any atom is 0.258 e. The van der Waals surface area contributed by atoms with Crippen molar-refractivity contribution in [1.82, 2.24) is 9.97 Å². The minimum absolute atomic E-state index is 0.00401. The van der Waals surface area contributed by atoms with E-state index in [1.807, 2.05) is 0 Å². The van der Waals surface area contributed by atoms with E-state index in [2.05, 4.69) is 15.3 Å². The summed E-state index contributed by atoms with van der Waals surface area (Å²) in [7, 11) is 1.42. The molecule has 1 heterocycles. The van der Waals surface area contributed by atoms with Gasteiger partial charge in [0, 0.05) is 11.6 Å². The van der Waals surface area contributed by atoms with Crippen molar-refractivity contribution in [2.75, 3.05) is 18.2 Å². The predicted octanol–water partition coefficient (Wildman–Crippen LogP) is 1.68. The van der Waals surface area contributed by atoms with Crippen molar-refractivity contribution in [2.45, 2.75) is 0 Å². The number of nitrogens with two attached hydrogens (primary N) is 1. The third kappa shape index (κ3) is 3.07. The molecule has 0 saturated heterocycles. The number of aromatic hydroxyl groups is 1. The van der Waals surface area contributed by atoms with Gasteiger partial charge in [0.05, 0.1) is 12.8 Å². The largest absolute Gasteiger partial charge is 0.506 e. The average molecular weight is 295 g/mol. The fraction of sp³-hybridized carbons (Fsp3) is 0.0833. The van der Waals surface area contributed by atoms with Gasteiger partial charge in [-0.25, -0.2) is 4.98 Å². The smallest absolute Gasteiger partial charge is 0.258 e. The van der Waals surface area contributed by atoms with Crippen LogP contribution in [0.25, 0.3) is 0 Å². The summed E-state index contributed by atoms with van der Waals surface area (Å²) in [6, 6.07) is 5.54. The zero-order valence-electron chi connectivity index (χ0n) is 10.4.